The number of piperidine rings is 1. The molecule has 0 amide bonds. The van der Waals surface area contributed by atoms with Gasteiger partial charge in [0.2, 0.25) is 0 Å². The topological polar surface area (TPSA) is 78.4 Å². The Labute approximate surface area is 147 Å². The maximum Gasteiger partial charge on any atom is 0.306 e. The van der Waals surface area contributed by atoms with E-state index in [-0.39, 0.29) is 17.4 Å². The molecule has 1 aliphatic heterocycles. The zero-order chi connectivity index (χ0) is 18.8. The molecule has 138 valence electrons. The average molecular weight is 366 g/mol. The van der Waals surface area contributed by atoms with Crippen molar-refractivity contribution in [1.82, 2.24) is 9.97 Å². The fourth-order valence-corrected chi connectivity index (χ4v) is 2.89. The van der Waals surface area contributed by atoms with Crippen molar-refractivity contribution in [2.75, 3.05) is 23.3 Å². The third-order valence-corrected chi connectivity index (χ3v) is 4.29. The molecule has 0 radical (unpaired) electrons. The van der Waals surface area contributed by atoms with Gasteiger partial charge < -0.3 is 15.3 Å². The maximum absolute atomic E-state index is 13.8. The lowest BCUT2D eigenvalue weighted by Crippen LogP contribution is -2.36. The van der Waals surface area contributed by atoms with E-state index in [1.54, 1.807) is 13.0 Å². The molecular formula is C17H17F3N4O2. The number of carboxylic acid groups (broad SMARTS) is 1. The van der Waals surface area contributed by atoms with E-state index in [1.807, 2.05) is 4.90 Å². The van der Waals surface area contributed by atoms with Crippen molar-refractivity contribution >= 4 is 23.3 Å². The van der Waals surface area contributed by atoms with E-state index in [0.29, 0.717) is 37.6 Å². The lowest BCUT2D eigenvalue weighted by Gasteiger charge is -2.31. The average Bonchev–Trinajstić information content (AvgIpc) is 2.62. The van der Waals surface area contributed by atoms with Gasteiger partial charge in [-0.25, -0.2) is 23.1 Å². The van der Waals surface area contributed by atoms with E-state index in [4.69, 9.17) is 5.11 Å². The first kappa shape index (κ1) is 18.0. The molecule has 0 aliphatic carbocycles. The zero-order valence-corrected chi connectivity index (χ0v) is 14.0. The van der Waals surface area contributed by atoms with E-state index in [2.05, 4.69) is 15.3 Å². The zero-order valence-electron chi connectivity index (χ0n) is 14.0. The van der Waals surface area contributed by atoms with Crippen LogP contribution < -0.4 is 10.2 Å². The molecule has 1 saturated heterocycles. The van der Waals surface area contributed by atoms with Crippen molar-refractivity contribution in [3.8, 4) is 0 Å². The van der Waals surface area contributed by atoms with E-state index in [1.165, 1.54) is 0 Å². The number of hydrogen-bond donors (Lipinski definition) is 2. The Kier molecular flexibility index (Phi) is 4.97. The predicted octanol–water partition coefficient (Wildman–Crippen LogP) is 3.25. The highest BCUT2D eigenvalue weighted by Crippen LogP contribution is 2.27. The Balaban J connectivity index is 1.81. The molecule has 2 N–H and O–H groups in total. The molecule has 6 nitrogen and oxygen atoms in total. The van der Waals surface area contributed by atoms with Crippen LogP contribution in [-0.2, 0) is 4.79 Å². The first-order chi connectivity index (χ1) is 12.3. The van der Waals surface area contributed by atoms with Crippen molar-refractivity contribution in [1.29, 1.82) is 0 Å². The molecule has 0 spiro atoms. The fraction of sp³-hybridized carbons (Fsp3) is 0.353. The SMILES string of the molecule is Cc1nc(Nc2ccc(F)c(F)c2F)cc(N2CCC(C(=O)O)CC2)n1. The van der Waals surface area contributed by atoms with Gasteiger partial charge in [-0.2, -0.15) is 0 Å². The van der Waals surface area contributed by atoms with Crippen molar-refractivity contribution in [2.45, 2.75) is 19.8 Å². The van der Waals surface area contributed by atoms with Crippen LogP contribution >= 0.6 is 0 Å². The Morgan fingerprint density at radius 1 is 1.19 bits per heavy atom. The number of aromatic nitrogens is 2. The maximum atomic E-state index is 13.8. The van der Waals surface area contributed by atoms with Gasteiger partial charge in [-0.1, -0.05) is 0 Å². The second-order valence-electron chi connectivity index (χ2n) is 6.11. The molecule has 1 aliphatic rings. The summed E-state index contributed by atoms with van der Waals surface area (Å²) < 4.78 is 40.2. The molecule has 1 aromatic carbocycles. The van der Waals surface area contributed by atoms with Gasteiger partial charge in [0.15, 0.2) is 17.5 Å². The fourth-order valence-electron chi connectivity index (χ4n) is 2.89. The van der Waals surface area contributed by atoms with Gasteiger partial charge in [-0.3, -0.25) is 4.79 Å². The van der Waals surface area contributed by atoms with Crippen LogP contribution in [0.2, 0.25) is 0 Å². The highest BCUT2D eigenvalue weighted by Gasteiger charge is 2.25. The minimum Gasteiger partial charge on any atom is -0.481 e. The highest BCUT2D eigenvalue weighted by molar-refractivity contribution is 5.70. The van der Waals surface area contributed by atoms with Crippen LogP contribution in [0, 0.1) is 30.3 Å². The molecule has 0 unspecified atom stereocenters. The predicted molar refractivity (Wildman–Crippen MR) is 88.9 cm³/mol. The van der Waals surface area contributed by atoms with Crippen molar-refractivity contribution in [3.63, 3.8) is 0 Å². The number of aliphatic carboxylic acids is 1. The lowest BCUT2D eigenvalue weighted by atomic mass is 9.97. The summed E-state index contributed by atoms with van der Waals surface area (Å²) in [5.74, 6) is -4.13. The number of carboxylic acids is 1. The third kappa shape index (κ3) is 3.71. The molecule has 3 rings (SSSR count). The Morgan fingerprint density at radius 3 is 2.54 bits per heavy atom. The molecule has 26 heavy (non-hydrogen) atoms. The van der Waals surface area contributed by atoms with Crippen LogP contribution in [-0.4, -0.2) is 34.1 Å². The molecule has 0 bridgehead atoms. The van der Waals surface area contributed by atoms with E-state index >= 15 is 0 Å². The van der Waals surface area contributed by atoms with Crippen LogP contribution in [0.15, 0.2) is 18.2 Å². The summed E-state index contributed by atoms with van der Waals surface area (Å²) in [4.78, 5) is 21.4. The summed E-state index contributed by atoms with van der Waals surface area (Å²) in [6.45, 7) is 2.69. The lowest BCUT2D eigenvalue weighted by molar-refractivity contribution is -0.142. The normalized spacial score (nSPS) is 15.2. The Bertz CT molecular complexity index is 839. The molecular weight excluding hydrogens is 349 g/mol. The monoisotopic (exact) mass is 366 g/mol. The van der Waals surface area contributed by atoms with Crippen LogP contribution in [0.5, 0.6) is 0 Å². The number of benzene rings is 1. The van der Waals surface area contributed by atoms with Crippen LogP contribution in [0.1, 0.15) is 18.7 Å². The molecule has 2 aromatic rings. The van der Waals surface area contributed by atoms with Gasteiger partial charge in [0.25, 0.3) is 0 Å². The Hall–Kier alpha value is -2.84. The summed E-state index contributed by atoms with van der Waals surface area (Å²) in [5, 5.41) is 11.7. The molecule has 0 atom stereocenters. The molecule has 1 fully saturated rings. The Morgan fingerprint density at radius 2 is 1.88 bits per heavy atom. The minimum atomic E-state index is -1.56. The summed E-state index contributed by atoms with van der Waals surface area (Å²) in [6, 6.07) is 3.48. The minimum absolute atomic E-state index is 0.234. The summed E-state index contributed by atoms with van der Waals surface area (Å²) in [6.07, 6.45) is 0.998. The van der Waals surface area contributed by atoms with Crippen molar-refractivity contribution < 1.29 is 23.1 Å². The quantitative estimate of drug-likeness (QED) is 0.809. The van der Waals surface area contributed by atoms with Crippen LogP contribution in [0.3, 0.4) is 0 Å². The van der Waals surface area contributed by atoms with Crippen LogP contribution in [0.25, 0.3) is 0 Å². The van der Waals surface area contributed by atoms with Gasteiger partial charge >= 0.3 is 5.97 Å². The first-order valence-electron chi connectivity index (χ1n) is 8.09. The number of rotatable bonds is 4. The molecule has 1 aromatic heterocycles. The third-order valence-electron chi connectivity index (χ3n) is 4.29. The molecule has 0 saturated carbocycles. The number of carbonyl (C=O) groups is 1. The summed E-state index contributed by atoms with van der Waals surface area (Å²) in [7, 11) is 0. The number of aryl methyl sites for hydroxylation is 1. The number of anilines is 3. The van der Waals surface area contributed by atoms with Gasteiger partial charge in [0, 0.05) is 19.2 Å². The first-order valence-corrected chi connectivity index (χ1v) is 8.09. The molecule has 9 heteroatoms. The van der Waals surface area contributed by atoms with Gasteiger partial charge in [0.05, 0.1) is 11.6 Å². The number of nitrogens with one attached hydrogen (secondary N) is 1. The van der Waals surface area contributed by atoms with E-state index in [9.17, 15) is 18.0 Å². The standard InChI is InChI=1S/C17H17F3N4O2/c1-9-21-13(23-12-3-2-11(18)15(19)16(12)20)8-14(22-9)24-6-4-10(5-7-24)17(25)26/h2-3,8,10H,4-7H2,1H3,(H,25,26)(H,21,22,23). The van der Waals surface area contributed by atoms with Crippen LogP contribution in [0.4, 0.5) is 30.5 Å². The second-order valence-corrected chi connectivity index (χ2v) is 6.11. The summed E-state index contributed by atoms with van der Waals surface area (Å²) >= 11 is 0. The smallest absolute Gasteiger partial charge is 0.306 e. The van der Waals surface area contributed by atoms with E-state index < -0.39 is 23.4 Å². The van der Waals surface area contributed by atoms with Gasteiger partial charge in [-0.05, 0) is 31.9 Å². The second kappa shape index (κ2) is 7.19. The van der Waals surface area contributed by atoms with Gasteiger partial charge in [-0.15, -0.1) is 0 Å². The largest absolute Gasteiger partial charge is 0.481 e. The van der Waals surface area contributed by atoms with E-state index in [0.717, 1.165) is 12.1 Å². The summed E-state index contributed by atoms with van der Waals surface area (Å²) in [5.41, 5.74) is -0.238. The number of halogens is 3. The van der Waals surface area contributed by atoms with Crippen molar-refractivity contribution in [2.24, 2.45) is 5.92 Å². The highest BCUT2D eigenvalue weighted by atomic mass is 19.2. The number of hydrogen-bond acceptors (Lipinski definition) is 5. The van der Waals surface area contributed by atoms with Crippen molar-refractivity contribution in [3.05, 3.63) is 41.5 Å². The van der Waals surface area contributed by atoms with Gasteiger partial charge in [0.1, 0.15) is 17.5 Å². The molecule has 2 heterocycles. The number of nitrogens with zero attached hydrogens (tertiary/aromatic N) is 3.